The van der Waals surface area contributed by atoms with E-state index >= 15 is 0 Å². The van der Waals surface area contributed by atoms with Gasteiger partial charge in [-0.2, -0.15) is 0 Å². The topological polar surface area (TPSA) is 71.2 Å². The van der Waals surface area contributed by atoms with Crippen molar-refractivity contribution in [3.63, 3.8) is 0 Å². The van der Waals surface area contributed by atoms with Crippen LogP contribution in [0.2, 0.25) is 5.02 Å². The molecule has 114 valence electrons. The Hall–Kier alpha value is -1.33. The number of carbonyl (C=O) groups is 1. The van der Waals surface area contributed by atoms with Crippen LogP contribution < -0.4 is 11.3 Å². The van der Waals surface area contributed by atoms with Crippen molar-refractivity contribution in [3.8, 4) is 0 Å². The molecule has 1 saturated heterocycles. The Bertz CT molecular complexity index is 530. The van der Waals surface area contributed by atoms with E-state index in [2.05, 4.69) is 10.4 Å². The average Bonchev–Trinajstić information content (AvgIpc) is 3.16. The fourth-order valence-electron chi connectivity index (χ4n) is 3.70. The maximum atomic E-state index is 12.7. The molecule has 2 aliphatic rings. The molecule has 1 aromatic heterocycles. The highest BCUT2D eigenvalue weighted by Crippen LogP contribution is 2.36. The van der Waals surface area contributed by atoms with Gasteiger partial charge in [0.05, 0.1) is 10.6 Å². The summed E-state index contributed by atoms with van der Waals surface area (Å²) in [6.07, 6.45) is 8.87. The predicted molar refractivity (Wildman–Crippen MR) is 83.1 cm³/mol. The Labute approximate surface area is 129 Å². The first kappa shape index (κ1) is 14.6. The SMILES string of the molecule is NNc1ncc(C(=O)N2CCCC2C2CCCC2)cc1Cl. The molecule has 2 heterocycles. The molecule has 5 nitrogen and oxygen atoms in total. The van der Waals surface area contributed by atoms with Crippen LogP contribution in [0.4, 0.5) is 5.82 Å². The Balaban J connectivity index is 1.78. The molecule has 0 spiro atoms. The minimum atomic E-state index is 0.0439. The van der Waals surface area contributed by atoms with Gasteiger partial charge in [0.2, 0.25) is 0 Å². The zero-order chi connectivity index (χ0) is 14.8. The number of nitrogens with two attached hydrogens (primary N) is 1. The second-order valence-electron chi connectivity index (χ2n) is 5.95. The quantitative estimate of drug-likeness (QED) is 0.665. The van der Waals surface area contributed by atoms with Gasteiger partial charge in [-0.05, 0) is 37.7 Å². The summed E-state index contributed by atoms with van der Waals surface area (Å²) in [6.45, 7) is 0.842. The van der Waals surface area contributed by atoms with Crippen molar-refractivity contribution < 1.29 is 4.79 Å². The normalized spacial score (nSPS) is 22.8. The third kappa shape index (κ3) is 2.85. The number of hydrogen-bond donors (Lipinski definition) is 2. The summed E-state index contributed by atoms with van der Waals surface area (Å²) in [5, 5.41) is 0.375. The monoisotopic (exact) mass is 308 g/mol. The fourth-order valence-corrected chi connectivity index (χ4v) is 3.92. The molecule has 21 heavy (non-hydrogen) atoms. The van der Waals surface area contributed by atoms with E-state index in [1.54, 1.807) is 12.3 Å². The van der Waals surface area contributed by atoms with Gasteiger partial charge in [-0.25, -0.2) is 10.8 Å². The van der Waals surface area contributed by atoms with E-state index in [9.17, 15) is 4.79 Å². The molecule has 1 aliphatic carbocycles. The van der Waals surface area contributed by atoms with Gasteiger partial charge in [0.1, 0.15) is 0 Å². The Kier molecular flexibility index (Phi) is 4.31. The molecule has 1 atom stereocenters. The molecule has 0 bridgehead atoms. The van der Waals surface area contributed by atoms with Gasteiger partial charge >= 0.3 is 0 Å². The molecule has 1 amide bonds. The van der Waals surface area contributed by atoms with Crippen molar-refractivity contribution >= 4 is 23.3 Å². The molecule has 3 rings (SSSR count). The van der Waals surface area contributed by atoms with Crippen LogP contribution in [-0.4, -0.2) is 28.4 Å². The van der Waals surface area contributed by atoms with Crippen molar-refractivity contribution in [1.82, 2.24) is 9.88 Å². The highest BCUT2D eigenvalue weighted by molar-refractivity contribution is 6.33. The van der Waals surface area contributed by atoms with Gasteiger partial charge in [-0.3, -0.25) is 4.79 Å². The lowest BCUT2D eigenvalue weighted by atomic mass is 9.95. The number of rotatable bonds is 3. The number of nitrogens with zero attached hydrogens (tertiary/aromatic N) is 2. The standard InChI is InChI=1S/C15H21ClN4O/c16-12-8-11(9-18-14(12)19-17)15(21)20-7-3-6-13(20)10-4-1-2-5-10/h8-10,13H,1-7,17H2,(H,18,19). The summed E-state index contributed by atoms with van der Waals surface area (Å²) in [5.74, 6) is 6.42. The minimum absolute atomic E-state index is 0.0439. The predicted octanol–water partition coefficient (Wildman–Crippen LogP) is 2.82. The fraction of sp³-hybridized carbons (Fsp3) is 0.600. The molecule has 6 heteroatoms. The molecular weight excluding hydrogens is 288 g/mol. The zero-order valence-corrected chi connectivity index (χ0v) is 12.8. The summed E-state index contributed by atoms with van der Waals surface area (Å²) in [6, 6.07) is 2.04. The maximum absolute atomic E-state index is 12.7. The number of halogens is 1. The van der Waals surface area contributed by atoms with E-state index in [1.165, 1.54) is 25.7 Å². The van der Waals surface area contributed by atoms with E-state index in [-0.39, 0.29) is 5.91 Å². The van der Waals surface area contributed by atoms with Crippen LogP contribution >= 0.6 is 11.6 Å². The number of hydrogen-bond acceptors (Lipinski definition) is 4. The number of pyridine rings is 1. The minimum Gasteiger partial charge on any atom is -0.335 e. The van der Waals surface area contributed by atoms with Crippen LogP contribution in [0.15, 0.2) is 12.3 Å². The first-order valence-corrected chi connectivity index (χ1v) is 8.01. The van der Waals surface area contributed by atoms with Gasteiger partial charge in [0.15, 0.2) is 5.82 Å². The Morgan fingerprint density at radius 2 is 2.10 bits per heavy atom. The summed E-state index contributed by atoms with van der Waals surface area (Å²) < 4.78 is 0. The van der Waals surface area contributed by atoms with Crippen LogP contribution in [0.3, 0.4) is 0 Å². The van der Waals surface area contributed by atoms with Crippen molar-refractivity contribution in [2.45, 2.75) is 44.6 Å². The van der Waals surface area contributed by atoms with Crippen LogP contribution in [0.1, 0.15) is 48.9 Å². The molecule has 1 saturated carbocycles. The van der Waals surface area contributed by atoms with E-state index in [1.807, 2.05) is 4.90 Å². The Morgan fingerprint density at radius 3 is 2.76 bits per heavy atom. The average molecular weight is 309 g/mol. The number of likely N-dealkylation sites (tertiary alicyclic amines) is 1. The smallest absolute Gasteiger partial charge is 0.255 e. The van der Waals surface area contributed by atoms with Gasteiger partial charge in [0, 0.05) is 18.8 Å². The van der Waals surface area contributed by atoms with Crippen LogP contribution in [0, 0.1) is 5.92 Å². The van der Waals surface area contributed by atoms with E-state index in [0.29, 0.717) is 28.4 Å². The maximum Gasteiger partial charge on any atom is 0.255 e. The number of carbonyl (C=O) groups excluding carboxylic acids is 1. The molecule has 0 radical (unpaired) electrons. The van der Waals surface area contributed by atoms with Gasteiger partial charge < -0.3 is 10.3 Å². The van der Waals surface area contributed by atoms with Gasteiger partial charge in [-0.15, -0.1) is 0 Å². The summed E-state index contributed by atoms with van der Waals surface area (Å²) >= 11 is 6.07. The first-order valence-electron chi connectivity index (χ1n) is 7.64. The lowest BCUT2D eigenvalue weighted by Crippen LogP contribution is -2.39. The first-order chi connectivity index (χ1) is 10.2. The molecule has 3 N–H and O–H groups in total. The summed E-state index contributed by atoms with van der Waals surface area (Å²) in [4.78, 5) is 18.9. The van der Waals surface area contributed by atoms with Gasteiger partial charge in [-0.1, -0.05) is 24.4 Å². The Morgan fingerprint density at radius 1 is 1.33 bits per heavy atom. The molecule has 1 aromatic rings. The highest BCUT2D eigenvalue weighted by atomic mass is 35.5. The molecule has 2 fully saturated rings. The third-order valence-electron chi connectivity index (χ3n) is 4.73. The molecular formula is C15H21ClN4O. The highest BCUT2D eigenvalue weighted by Gasteiger charge is 2.36. The zero-order valence-electron chi connectivity index (χ0n) is 12.0. The number of hydrazine groups is 1. The molecule has 1 aliphatic heterocycles. The summed E-state index contributed by atoms with van der Waals surface area (Å²) in [7, 11) is 0. The van der Waals surface area contributed by atoms with Crippen molar-refractivity contribution in [2.24, 2.45) is 11.8 Å². The van der Waals surface area contributed by atoms with E-state index in [4.69, 9.17) is 17.4 Å². The van der Waals surface area contributed by atoms with Crippen molar-refractivity contribution in [2.75, 3.05) is 12.0 Å². The van der Waals surface area contributed by atoms with Crippen LogP contribution in [0.25, 0.3) is 0 Å². The largest absolute Gasteiger partial charge is 0.335 e. The molecule has 1 unspecified atom stereocenters. The lowest BCUT2D eigenvalue weighted by molar-refractivity contribution is 0.0688. The van der Waals surface area contributed by atoms with Crippen LogP contribution in [0.5, 0.6) is 0 Å². The number of aromatic nitrogens is 1. The van der Waals surface area contributed by atoms with Crippen molar-refractivity contribution in [3.05, 3.63) is 22.8 Å². The number of anilines is 1. The number of amides is 1. The second kappa shape index (κ2) is 6.20. The van der Waals surface area contributed by atoms with Gasteiger partial charge in [0.25, 0.3) is 5.91 Å². The third-order valence-corrected chi connectivity index (χ3v) is 5.02. The second-order valence-corrected chi connectivity index (χ2v) is 6.36. The van der Waals surface area contributed by atoms with Crippen LogP contribution in [-0.2, 0) is 0 Å². The van der Waals surface area contributed by atoms with Crippen molar-refractivity contribution in [1.29, 1.82) is 0 Å². The number of nitrogen functional groups attached to an aromatic ring is 1. The molecule has 0 aromatic carbocycles. The lowest BCUT2D eigenvalue weighted by Gasteiger charge is -2.29. The van der Waals surface area contributed by atoms with E-state index < -0.39 is 0 Å². The summed E-state index contributed by atoms with van der Waals surface area (Å²) in [5.41, 5.74) is 2.96. The number of nitrogens with one attached hydrogen (secondary N) is 1. The van der Waals surface area contributed by atoms with E-state index in [0.717, 1.165) is 19.4 Å².